The van der Waals surface area contributed by atoms with Crippen LogP contribution in [-0.2, 0) is 0 Å². The molecule has 1 aromatic carbocycles. The van der Waals surface area contributed by atoms with Crippen LogP contribution in [0, 0.1) is 5.82 Å². The van der Waals surface area contributed by atoms with Crippen LogP contribution in [0.1, 0.15) is 16.8 Å². The molecule has 0 radical (unpaired) electrons. The highest BCUT2D eigenvalue weighted by Crippen LogP contribution is 2.36. The fourth-order valence-corrected chi connectivity index (χ4v) is 3.82. The number of aliphatic hydroxyl groups excluding tert-OH is 1. The maximum absolute atomic E-state index is 13.9. The minimum Gasteiger partial charge on any atom is -0.420 e. The number of hydrogen-bond acceptors (Lipinski definition) is 6. The summed E-state index contributed by atoms with van der Waals surface area (Å²) in [7, 11) is 0. The zero-order chi connectivity index (χ0) is 24.5. The normalized spacial score (nSPS) is 15.9. The summed E-state index contributed by atoms with van der Waals surface area (Å²) < 4.78 is 43.7. The van der Waals surface area contributed by atoms with Gasteiger partial charge in [0.25, 0.3) is 5.91 Å². The minimum absolute atomic E-state index is 0.0217. The van der Waals surface area contributed by atoms with E-state index in [1.54, 1.807) is 0 Å². The molecule has 2 N–H and O–H groups in total. The first kappa shape index (κ1) is 24.1. The molecule has 1 saturated heterocycles. The van der Waals surface area contributed by atoms with E-state index in [9.17, 15) is 23.1 Å². The molecule has 3 heterocycles. The van der Waals surface area contributed by atoms with Crippen molar-refractivity contribution in [3.05, 3.63) is 65.3 Å². The topological polar surface area (TPSA) is 87.6 Å². The van der Waals surface area contributed by atoms with Crippen LogP contribution in [0.15, 0.2) is 48.8 Å². The van der Waals surface area contributed by atoms with Gasteiger partial charge < -0.3 is 20.1 Å². The van der Waals surface area contributed by atoms with Crippen LogP contribution >= 0.6 is 23.2 Å². The predicted molar refractivity (Wildman–Crippen MR) is 121 cm³/mol. The second-order valence-electron chi connectivity index (χ2n) is 7.50. The van der Waals surface area contributed by atoms with Gasteiger partial charge in [-0.05, 0) is 42.8 Å². The minimum atomic E-state index is -3.85. The lowest BCUT2D eigenvalue weighted by Gasteiger charge is -2.21. The number of alkyl halides is 3. The van der Waals surface area contributed by atoms with Crippen molar-refractivity contribution in [1.29, 1.82) is 0 Å². The first-order valence-corrected chi connectivity index (χ1v) is 10.8. The van der Waals surface area contributed by atoms with E-state index >= 15 is 0 Å². The summed E-state index contributed by atoms with van der Waals surface area (Å²) in [5, 5.41) is 12.6. The molecule has 0 saturated carbocycles. The number of amides is 1. The van der Waals surface area contributed by atoms with Gasteiger partial charge in [-0.2, -0.15) is 0 Å². The molecule has 178 valence electrons. The quantitative estimate of drug-likeness (QED) is 0.359. The number of halogens is 5. The molecule has 1 aliphatic heterocycles. The summed E-state index contributed by atoms with van der Waals surface area (Å²) in [5.41, 5.74) is -2.82. The SMILES string of the molecule is O=C(Nc1ccc(OC(F)(F)Cl)cc1)c1cnc(N2CC[C@@H](O)C2)c(-c2cc(F)cnc2Cl)c1. The Kier molecular flexibility index (Phi) is 6.83. The summed E-state index contributed by atoms with van der Waals surface area (Å²) in [6, 6.07) is 7.84. The van der Waals surface area contributed by atoms with E-state index in [2.05, 4.69) is 20.0 Å². The molecule has 34 heavy (non-hydrogen) atoms. The Bertz CT molecular complexity index is 1210. The number of hydrogen-bond donors (Lipinski definition) is 2. The fraction of sp³-hybridized carbons (Fsp3) is 0.227. The summed E-state index contributed by atoms with van der Waals surface area (Å²) in [5.74, 6) is -0.941. The van der Waals surface area contributed by atoms with Crippen LogP contribution in [0.3, 0.4) is 0 Å². The molecular weight excluding hydrogens is 496 g/mol. The average molecular weight is 513 g/mol. The number of rotatable bonds is 6. The molecule has 1 amide bonds. The third-order valence-corrected chi connectivity index (χ3v) is 5.41. The highest BCUT2D eigenvalue weighted by atomic mass is 35.5. The fourth-order valence-electron chi connectivity index (χ4n) is 3.52. The number of pyridine rings is 2. The summed E-state index contributed by atoms with van der Waals surface area (Å²) in [6.07, 6.45) is 2.31. The number of ether oxygens (including phenoxy) is 1. The van der Waals surface area contributed by atoms with E-state index in [-0.39, 0.29) is 22.0 Å². The van der Waals surface area contributed by atoms with Crippen molar-refractivity contribution in [2.24, 2.45) is 0 Å². The summed E-state index contributed by atoms with van der Waals surface area (Å²) in [4.78, 5) is 22.9. The Morgan fingerprint density at radius 3 is 2.56 bits per heavy atom. The van der Waals surface area contributed by atoms with Crippen LogP contribution < -0.4 is 15.0 Å². The van der Waals surface area contributed by atoms with Crippen LogP contribution in [0.25, 0.3) is 11.1 Å². The molecule has 3 aromatic rings. The van der Waals surface area contributed by atoms with Crippen molar-refractivity contribution in [2.75, 3.05) is 23.3 Å². The van der Waals surface area contributed by atoms with Crippen molar-refractivity contribution in [1.82, 2.24) is 9.97 Å². The number of nitrogens with zero attached hydrogens (tertiary/aromatic N) is 3. The average Bonchev–Trinajstić information content (AvgIpc) is 3.21. The molecule has 12 heteroatoms. The van der Waals surface area contributed by atoms with E-state index in [0.717, 1.165) is 6.20 Å². The van der Waals surface area contributed by atoms with Gasteiger partial charge in [-0.1, -0.05) is 11.6 Å². The van der Waals surface area contributed by atoms with Crippen LogP contribution in [-0.4, -0.2) is 45.7 Å². The molecule has 4 rings (SSSR count). The van der Waals surface area contributed by atoms with Crippen molar-refractivity contribution in [2.45, 2.75) is 18.1 Å². The van der Waals surface area contributed by atoms with Gasteiger partial charge in [0.1, 0.15) is 22.5 Å². The molecular formula is C22H17Cl2F3N4O3. The van der Waals surface area contributed by atoms with Gasteiger partial charge in [-0.15, -0.1) is 8.78 Å². The molecule has 1 aliphatic rings. The number of carbonyl (C=O) groups is 1. The van der Waals surface area contributed by atoms with Gasteiger partial charge in [-0.25, -0.2) is 14.4 Å². The van der Waals surface area contributed by atoms with Gasteiger partial charge in [0.05, 0.1) is 17.9 Å². The lowest BCUT2D eigenvalue weighted by molar-refractivity contribution is -0.0964. The highest BCUT2D eigenvalue weighted by molar-refractivity contribution is 6.32. The number of carbonyl (C=O) groups excluding carboxylic acids is 1. The van der Waals surface area contributed by atoms with Gasteiger partial charge >= 0.3 is 5.57 Å². The first-order valence-electron chi connectivity index (χ1n) is 10.0. The molecule has 2 aromatic heterocycles. The lowest BCUT2D eigenvalue weighted by Crippen LogP contribution is -2.23. The first-order chi connectivity index (χ1) is 16.1. The van der Waals surface area contributed by atoms with Crippen LogP contribution in [0.4, 0.5) is 24.7 Å². The van der Waals surface area contributed by atoms with E-state index in [4.69, 9.17) is 23.2 Å². The van der Waals surface area contributed by atoms with Crippen molar-refractivity contribution in [3.8, 4) is 16.9 Å². The molecule has 0 aliphatic carbocycles. The zero-order valence-electron chi connectivity index (χ0n) is 17.3. The second kappa shape index (κ2) is 9.65. The summed E-state index contributed by atoms with van der Waals surface area (Å²) in [6.45, 7) is 0.838. The Balaban J connectivity index is 1.63. The molecule has 1 atom stereocenters. The number of benzene rings is 1. The van der Waals surface area contributed by atoms with E-state index in [1.807, 2.05) is 4.90 Å². The predicted octanol–water partition coefficient (Wildman–Crippen LogP) is 4.93. The number of β-amino-alcohol motifs (C(OH)–C–C–N with tert-alkyl or cyclic N) is 1. The largest absolute Gasteiger partial charge is 0.487 e. The Morgan fingerprint density at radius 2 is 1.91 bits per heavy atom. The van der Waals surface area contributed by atoms with E-state index < -0.39 is 23.4 Å². The molecule has 0 unspecified atom stereocenters. The Morgan fingerprint density at radius 1 is 1.18 bits per heavy atom. The third-order valence-electron chi connectivity index (χ3n) is 5.03. The standard InChI is InChI=1S/C22H17Cl2F3N4O3/c23-19-17(8-13(25)10-28-19)18-7-12(9-29-20(18)31-6-5-15(32)11-31)21(33)30-14-1-3-16(4-2-14)34-22(24,26)27/h1-4,7-10,15,32H,5-6,11H2,(H,30,33)/t15-/m1/s1. The van der Waals surface area contributed by atoms with E-state index in [1.165, 1.54) is 42.6 Å². The Labute approximate surface area is 202 Å². The van der Waals surface area contributed by atoms with Gasteiger partial charge in [-0.3, -0.25) is 4.79 Å². The zero-order valence-corrected chi connectivity index (χ0v) is 18.8. The van der Waals surface area contributed by atoms with Crippen molar-refractivity contribution in [3.63, 3.8) is 0 Å². The van der Waals surface area contributed by atoms with Gasteiger partial charge in [0.15, 0.2) is 0 Å². The van der Waals surface area contributed by atoms with Crippen molar-refractivity contribution < 1.29 is 27.8 Å². The molecule has 1 fully saturated rings. The second-order valence-corrected chi connectivity index (χ2v) is 8.30. The monoisotopic (exact) mass is 512 g/mol. The Hall–Kier alpha value is -3.08. The van der Waals surface area contributed by atoms with Gasteiger partial charge in [0, 0.05) is 47.7 Å². The number of aromatic nitrogens is 2. The summed E-state index contributed by atoms with van der Waals surface area (Å²) >= 11 is 11.0. The smallest absolute Gasteiger partial charge is 0.420 e. The lowest BCUT2D eigenvalue weighted by atomic mass is 10.1. The molecule has 0 spiro atoms. The highest BCUT2D eigenvalue weighted by Gasteiger charge is 2.28. The third kappa shape index (κ3) is 5.69. The molecule has 7 nitrogen and oxygen atoms in total. The van der Waals surface area contributed by atoms with Gasteiger partial charge in [0.2, 0.25) is 0 Å². The van der Waals surface area contributed by atoms with Crippen LogP contribution in [0.5, 0.6) is 5.75 Å². The number of nitrogens with one attached hydrogen (secondary N) is 1. The maximum atomic E-state index is 13.9. The molecule has 0 bridgehead atoms. The van der Waals surface area contributed by atoms with Crippen molar-refractivity contribution >= 4 is 40.6 Å². The maximum Gasteiger partial charge on any atom is 0.487 e. The van der Waals surface area contributed by atoms with E-state index in [0.29, 0.717) is 36.6 Å². The number of aliphatic hydroxyl groups is 1. The number of anilines is 2. The van der Waals surface area contributed by atoms with Crippen LogP contribution in [0.2, 0.25) is 5.15 Å².